The lowest BCUT2D eigenvalue weighted by molar-refractivity contribution is -0.131. The molecule has 0 unspecified atom stereocenters. The number of hydrogen-bond acceptors (Lipinski definition) is 4. The zero-order valence-electron chi connectivity index (χ0n) is 8.54. The highest BCUT2D eigenvalue weighted by Crippen LogP contribution is 2.25. The summed E-state index contributed by atoms with van der Waals surface area (Å²) < 4.78 is 0. The molecule has 0 aromatic carbocycles. The van der Waals surface area contributed by atoms with E-state index in [2.05, 4.69) is 17.6 Å². The second-order valence-electron chi connectivity index (χ2n) is 2.96. The molecule has 1 aromatic rings. The van der Waals surface area contributed by atoms with Gasteiger partial charge in [0, 0.05) is 29.2 Å². The van der Waals surface area contributed by atoms with Crippen molar-refractivity contribution in [3.05, 3.63) is 29.1 Å². The maximum atomic E-state index is 10.3. The van der Waals surface area contributed by atoms with E-state index in [1.54, 1.807) is 6.92 Å². The molecule has 0 fully saturated rings. The molecule has 0 saturated carbocycles. The van der Waals surface area contributed by atoms with Crippen LogP contribution in [-0.4, -0.2) is 21.2 Å². The first kappa shape index (κ1) is 14.8. The number of nitrogens with zero attached hydrogens (tertiary/aromatic N) is 1. The van der Waals surface area contributed by atoms with Crippen LogP contribution in [0, 0.1) is 6.92 Å². The van der Waals surface area contributed by atoms with E-state index >= 15 is 0 Å². The lowest BCUT2D eigenvalue weighted by Crippen LogP contribution is -1.93. The molecule has 4 nitrogen and oxygen atoms in total. The van der Waals surface area contributed by atoms with Gasteiger partial charge in [-0.05, 0) is 13.0 Å². The van der Waals surface area contributed by atoms with E-state index in [1.807, 2.05) is 0 Å². The van der Waals surface area contributed by atoms with E-state index in [-0.39, 0.29) is 18.2 Å². The Morgan fingerprint density at radius 1 is 1.62 bits per heavy atom. The number of carbonyl (C=O) groups is 1. The minimum atomic E-state index is -1.04. The maximum Gasteiger partial charge on any atom is 0.328 e. The van der Waals surface area contributed by atoms with Gasteiger partial charge in [0.15, 0.2) is 0 Å². The number of pyridine rings is 1. The Balaban J connectivity index is 0.00000225. The van der Waals surface area contributed by atoms with Gasteiger partial charge in [-0.1, -0.05) is 0 Å². The largest absolute Gasteiger partial charge is 0.506 e. The summed E-state index contributed by atoms with van der Waals surface area (Å²) in [6.07, 6.45) is 3.90. The van der Waals surface area contributed by atoms with Crippen molar-refractivity contribution in [3.63, 3.8) is 0 Å². The standard InChI is InChI=1S/C10H11NO3S.ClH/c1-6-10(14)8(5-15)7(4-11-6)2-3-9(12)13;/h2-4,14-15H,5H2,1H3,(H,12,13);1H/b3-2+;. The highest BCUT2D eigenvalue weighted by Gasteiger charge is 2.08. The molecule has 2 N–H and O–H groups in total. The first-order chi connectivity index (χ1) is 7.06. The molecular formula is C10H12ClNO3S. The van der Waals surface area contributed by atoms with Crippen molar-refractivity contribution in [2.45, 2.75) is 12.7 Å². The van der Waals surface area contributed by atoms with Crippen molar-refractivity contribution in [1.29, 1.82) is 0 Å². The van der Waals surface area contributed by atoms with E-state index in [0.29, 0.717) is 22.6 Å². The molecular weight excluding hydrogens is 250 g/mol. The number of hydrogen-bond donors (Lipinski definition) is 3. The Kier molecular flexibility index (Phi) is 5.92. The number of thiol groups is 1. The smallest absolute Gasteiger partial charge is 0.328 e. The number of aromatic nitrogens is 1. The topological polar surface area (TPSA) is 70.4 Å². The minimum Gasteiger partial charge on any atom is -0.506 e. The first-order valence-electron chi connectivity index (χ1n) is 4.25. The fourth-order valence-corrected chi connectivity index (χ4v) is 1.46. The summed E-state index contributed by atoms with van der Waals surface area (Å²) in [6.45, 7) is 1.67. The number of carboxylic acids is 1. The average molecular weight is 262 g/mol. The second-order valence-corrected chi connectivity index (χ2v) is 3.27. The summed E-state index contributed by atoms with van der Waals surface area (Å²) in [7, 11) is 0. The van der Waals surface area contributed by atoms with Crippen LogP contribution >= 0.6 is 25.0 Å². The van der Waals surface area contributed by atoms with Gasteiger partial charge in [0.1, 0.15) is 5.75 Å². The average Bonchev–Trinajstić information content (AvgIpc) is 2.19. The predicted molar refractivity (Wildman–Crippen MR) is 67.2 cm³/mol. The van der Waals surface area contributed by atoms with Crippen LogP contribution in [0.15, 0.2) is 12.3 Å². The van der Waals surface area contributed by atoms with Gasteiger partial charge in [-0.25, -0.2) is 4.79 Å². The molecule has 16 heavy (non-hydrogen) atoms. The number of halogens is 1. The van der Waals surface area contributed by atoms with Gasteiger partial charge in [0.05, 0.1) is 5.69 Å². The Labute approximate surface area is 105 Å². The molecule has 0 radical (unpaired) electrons. The molecule has 0 bridgehead atoms. The van der Waals surface area contributed by atoms with E-state index < -0.39 is 5.97 Å². The van der Waals surface area contributed by atoms with Crippen molar-refractivity contribution in [1.82, 2.24) is 4.98 Å². The third-order valence-electron chi connectivity index (χ3n) is 1.94. The molecule has 0 amide bonds. The Bertz CT molecular complexity index is 421. The molecule has 1 heterocycles. The zero-order valence-corrected chi connectivity index (χ0v) is 10.3. The fraction of sp³-hybridized carbons (Fsp3) is 0.200. The van der Waals surface area contributed by atoms with Gasteiger partial charge < -0.3 is 10.2 Å². The van der Waals surface area contributed by atoms with Crippen molar-refractivity contribution in [2.75, 3.05) is 0 Å². The third-order valence-corrected chi connectivity index (χ3v) is 2.25. The van der Waals surface area contributed by atoms with Crippen LogP contribution in [0.1, 0.15) is 16.8 Å². The van der Waals surface area contributed by atoms with Gasteiger partial charge in [0.2, 0.25) is 0 Å². The first-order valence-corrected chi connectivity index (χ1v) is 4.88. The molecule has 0 aliphatic rings. The minimum absolute atomic E-state index is 0. The summed E-state index contributed by atoms with van der Waals surface area (Å²) in [6, 6.07) is 0. The van der Waals surface area contributed by atoms with Gasteiger partial charge >= 0.3 is 5.97 Å². The van der Waals surface area contributed by atoms with Crippen LogP contribution < -0.4 is 0 Å². The van der Waals surface area contributed by atoms with Crippen LogP contribution in [0.2, 0.25) is 0 Å². The Morgan fingerprint density at radius 2 is 2.25 bits per heavy atom. The van der Waals surface area contributed by atoms with Gasteiger partial charge in [-0.3, -0.25) is 4.98 Å². The van der Waals surface area contributed by atoms with Crippen molar-refractivity contribution in [3.8, 4) is 5.75 Å². The van der Waals surface area contributed by atoms with Crippen molar-refractivity contribution < 1.29 is 15.0 Å². The monoisotopic (exact) mass is 261 g/mol. The summed E-state index contributed by atoms with van der Waals surface area (Å²) in [4.78, 5) is 14.3. The van der Waals surface area contributed by atoms with Crippen molar-refractivity contribution in [2.24, 2.45) is 0 Å². The van der Waals surface area contributed by atoms with Crippen LogP contribution in [-0.2, 0) is 10.5 Å². The Hall–Kier alpha value is -1.20. The maximum absolute atomic E-state index is 10.3. The molecule has 6 heteroatoms. The molecule has 0 aliphatic carbocycles. The molecule has 0 aliphatic heterocycles. The number of aliphatic carboxylic acids is 1. The highest BCUT2D eigenvalue weighted by molar-refractivity contribution is 7.79. The van der Waals surface area contributed by atoms with Crippen molar-refractivity contribution >= 4 is 37.1 Å². The molecule has 0 spiro atoms. The Morgan fingerprint density at radius 3 is 2.75 bits per heavy atom. The number of aromatic hydroxyl groups is 1. The zero-order chi connectivity index (χ0) is 11.4. The second kappa shape index (κ2) is 6.40. The van der Waals surface area contributed by atoms with Crippen LogP contribution in [0.25, 0.3) is 6.08 Å². The van der Waals surface area contributed by atoms with Crippen LogP contribution in [0.3, 0.4) is 0 Å². The lowest BCUT2D eigenvalue weighted by Gasteiger charge is -2.07. The fourth-order valence-electron chi connectivity index (χ4n) is 1.13. The van der Waals surface area contributed by atoms with Crippen LogP contribution in [0.4, 0.5) is 0 Å². The van der Waals surface area contributed by atoms with E-state index in [1.165, 1.54) is 12.3 Å². The molecule has 1 rings (SSSR count). The van der Waals surface area contributed by atoms with E-state index in [9.17, 15) is 9.90 Å². The van der Waals surface area contributed by atoms with Crippen LogP contribution in [0.5, 0.6) is 5.75 Å². The number of rotatable bonds is 3. The third kappa shape index (κ3) is 3.43. The summed E-state index contributed by atoms with van der Waals surface area (Å²) in [5, 5.41) is 18.1. The quantitative estimate of drug-likeness (QED) is 0.575. The normalized spacial score (nSPS) is 10.1. The SMILES string of the molecule is Cc1ncc(/C=C/C(=O)O)c(CS)c1O.Cl. The highest BCUT2D eigenvalue weighted by atomic mass is 35.5. The van der Waals surface area contributed by atoms with Gasteiger partial charge in [-0.2, -0.15) is 12.6 Å². The lowest BCUT2D eigenvalue weighted by atomic mass is 10.1. The van der Waals surface area contributed by atoms with E-state index in [0.717, 1.165) is 6.08 Å². The van der Waals surface area contributed by atoms with Gasteiger partial charge in [-0.15, -0.1) is 12.4 Å². The molecule has 0 saturated heterocycles. The number of aryl methyl sites for hydroxylation is 1. The van der Waals surface area contributed by atoms with E-state index in [4.69, 9.17) is 5.11 Å². The van der Waals surface area contributed by atoms with Gasteiger partial charge in [0.25, 0.3) is 0 Å². The summed E-state index contributed by atoms with van der Waals surface area (Å²) in [5.41, 5.74) is 1.66. The summed E-state index contributed by atoms with van der Waals surface area (Å²) in [5.74, 6) is -0.646. The predicted octanol–water partition coefficient (Wildman–Crippen LogP) is 2.05. The molecule has 88 valence electrons. The molecule has 0 atom stereocenters. The summed E-state index contributed by atoms with van der Waals surface area (Å²) >= 11 is 4.07. The number of carboxylic acid groups (broad SMARTS) is 1. The molecule has 1 aromatic heterocycles.